The zero-order valence-corrected chi connectivity index (χ0v) is 6.71. The maximum atomic E-state index is 12.9. The Kier molecular flexibility index (Phi) is 2.83. The second-order valence-electron chi connectivity index (χ2n) is 2.38. The maximum absolute atomic E-state index is 12.9. The first-order chi connectivity index (χ1) is 6.57. The van der Waals surface area contributed by atoms with Crippen molar-refractivity contribution in [3.05, 3.63) is 39.5 Å². The molecule has 1 aromatic rings. The highest BCUT2D eigenvalue weighted by Crippen LogP contribution is 2.26. The molecule has 0 fully saturated rings. The molecular weight excluding hydrogens is 199 g/mol. The molecule has 0 unspecified atom stereocenters. The fraction of sp³-hybridized carbons (Fsp3) is 0.143. The van der Waals surface area contributed by atoms with Gasteiger partial charge in [-0.3, -0.25) is 0 Å². The van der Waals surface area contributed by atoms with Gasteiger partial charge >= 0.3 is 0 Å². The van der Waals surface area contributed by atoms with Crippen molar-refractivity contribution in [2.45, 2.75) is 6.54 Å². The summed E-state index contributed by atoms with van der Waals surface area (Å²) in [4.78, 5) is 2.31. The number of phenolic OH excluding ortho intramolecular Hbond substituents is 1. The number of aromatic hydroxyl groups is 1. The van der Waals surface area contributed by atoms with Crippen molar-refractivity contribution in [2.75, 3.05) is 0 Å². The summed E-state index contributed by atoms with van der Waals surface area (Å²) < 4.78 is 38.1. The van der Waals surface area contributed by atoms with Crippen LogP contribution in [0.25, 0.3) is 10.4 Å². The molecular formula is C7H4F3N3O. The minimum atomic E-state index is -1.66. The van der Waals surface area contributed by atoms with Gasteiger partial charge in [-0.1, -0.05) is 5.11 Å². The minimum absolute atomic E-state index is 0.404. The van der Waals surface area contributed by atoms with Gasteiger partial charge in [-0.25, -0.2) is 8.78 Å². The van der Waals surface area contributed by atoms with Gasteiger partial charge in [0.25, 0.3) is 0 Å². The van der Waals surface area contributed by atoms with Crippen LogP contribution in [0.4, 0.5) is 13.2 Å². The molecule has 0 bridgehead atoms. The van der Waals surface area contributed by atoms with Crippen LogP contribution in [0.5, 0.6) is 5.75 Å². The molecule has 0 aliphatic carbocycles. The highest BCUT2D eigenvalue weighted by Gasteiger charge is 2.17. The maximum Gasteiger partial charge on any atom is 0.203 e. The lowest BCUT2D eigenvalue weighted by molar-refractivity contribution is 0.373. The fourth-order valence-corrected chi connectivity index (χ4v) is 0.864. The molecule has 1 aromatic carbocycles. The number of phenols is 1. The van der Waals surface area contributed by atoms with E-state index in [0.717, 1.165) is 0 Å². The van der Waals surface area contributed by atoms with Crippen molar-refractivity contribution in [1.82, 2.24) is 0 Å². The van der Waals surface area contributed by atoms with Gasteiger partial charge in [0.2, 0.25) is 5.82 Å². The van der Waals surface area contributed by atoms with Crippen molar-refractivity contribution in [3.8, 4) is 5.75 Å². The summed E-state index contributed by atoms with van der Waals surface area (Å²) in [6.45, 7) is -0.493. The van der Waals surface area contributed by atoms with E-state index in [9.17, 15) is 13.2 Å². The molecule has 0 spiro atoms. The molecule has 1 rings (SSSR count). The molecule has 1 N–H and O–H groups in total. The number of rotatable bonds is 2. The second kappa shape index (κ2) is 3.89. The van der Waals surface area contributed by atoms with Gasteiger partial charge in [0.1, 0.15) is 0 Å². The van der Waals surface area contributed by atoms with Crippen molar-refractivity contribution < 1.29 is 18.3 Å². The van der Waals surface area contributed by atoms with Crippen LogP contribution in [0, 0.1) is 17.5 Å². The predicted octanol–water partition coefficient (Wildman–Crippen LogP) is 2.62. The van der Waals surface area contributed by atoms with Crippen LogP contribution in [-0.4, -0.2) is 5.11 Å². The SMILES string of the molecule is [N-]=[N+]=NCc1cc(F)c(F)c(O)c1F. The van der Waals surface area contributed by atoms with Crippen molar-refractivity contribution in [1.29, 1.82) is 0 Å². The van der Waals surface area contributed by atoms with Gasteiger partial charge in [0.15, 0.2) is 17.4 Å². The van der Waals surface area contributed by atoms with E-state index in [2.05, 4.69) is 10.0 Å². The fourth-order valence-electron chi connectivity index (χ4n) is 0.864. The first kappa shape index (κ1) is 10.2. The molecule has 0 heterocycles. The van der Waals surface area contributed by atoms with Gasteiger partial charge in [0, 0.05) is 10.5 Å². The van der Waals surface area contributed by atoms with Gasteiger partial charge < -0.3 is 5.11 Å². The van der Waals surface area contributed by atoms with E-state index in [4.69, 9.17) is 10.6 Å². The molecule has 74 valence electrons. The van der Waals surface area contributed by atoms with Crippen LogP contribution in [0.3, 0.4) is 0 Å². The highest BCUT2D eigenvalue weighted by atomic mass is 19.2. The molecule has 0 aliphatic heterocycles. The Bertz CT molecular complexity index is 415. The highest BCUT2D eigenvalue weighted by molar-refractivity contribution is 5.32. The number of hydrogen-bond donors (Lipinski definition) is 1. The molecule has 0 aliphatic rings. The molecule has 0 saturated heterocycles. The first-order valence-electron chi connectivity index (χ1n) is 3.44. The Morgan fingerprint density at radius 3 is 2.57 bits per heavy atom. The average Bonchev–Trinajstić information content (AvgIpc) is 2.18. The molecule has 7 heteroatoms. The van der Waals surface area contributed by atoms with E-state index in [1.807, 2.05) is 0 Å². The monoisotopic (exact) mass is 203 g/mol. The second-order valence-corrected chi connectivity index (χ2v) is 2.38. The van der Waals surface area contributed by atoms with Crippen LogP contribution in [-0.2, 0) is 6.54 Å². The van der Waals surface area contributed by atoms with Crippen LogP contribution >= 0.6 is 0 Å². The number of azide groups is 1. The zero-order chi connectivity index (χ0) is 10.7. The number of halogens is 3. The third-order valence-corrected chi connectivity index (χ3v) is 1.51. The van der Waals surface area contributed by atoms with E-state index in [0.29, 0.717) is 6.07 Å². The van der Waals surface area contributed by atoms with Crippen LogP contribution in [0.2, 0.25) is 0 Å². The van der Waals surface area contributed by atoms with Gasteiger partial charge in [-0.05, 0) is 11.6 Å². The van der Waals surface area contributed by atoms with Crippen molar-refractivity contribution >= 4 is 0 Å². The number of benzene rings is 1. The Hall–Kier alpha value is -1.88. The first-order valence-corrected chi connectivity index (χ1v) is 3.44. The van der Waals surface area contributed by atoms with Crippen LogP contribution in [0.15, 0.2) is 11.2 Å². The summed E-state index contributed by atoms with van der Waals surface area (Å²) in [6.07, 6.45) is 0. The molecule has 0 atom stereocenters. The van der Waals surface area contributed by atoms with Gasteiger partial charge in [-0.15, -0.1) is 0 Å². The number of hydrogen-bond acceptors (Lipinski definition) is 2. The molecule has 14 heavy (non-hydrogen) atoms. The third kappa shape index (κ3) is 1.72. The van der Waals surface area contributed by atoms with Crippen molar-refractivity contribution in [3.63, 3.8) is 0 Å². The summed E-state index contributed by atoms with van der Waals surface area (Å²) in [5.41, 5.74) is 7.51. The summed E-state index contributed by atoms with van der Waals surface area (Å²) in [6, 6.07) is 0.527. The quantitative estimate of drug-likeness (QED) is 0.341. The molecule has 0 aromatic heterocycles. The standard InChI is InChI=1S/C7H4F3N3O/c8-4-1-3(2-12-13-11)5(9)7(14)6(4)10/h1,14H,2H2. The Balaban J connectivity index is 3.25. The average molecular weight is 203 g/mol. The van der Waals surface area contributed by atoms with Crippen molar-refractivity contribution in [2.24, 2.45) is 5.11 Å². The lowest BCUT2D eigenvalue weighted by Crippen LogP contribution is -1.95. The third-order valence-electron chi connectivity index (χ3n) is 1.51. The number of nitrogens with zero attached hydrogens (tertiary/aromatic N) is 3. The van der Waals surface area contributed by atoms with Crippen LogP contribution in [0.1, 0.15) is 5.56 Å². The minimum Gasteiger partial charge on any atom is -0.503 e. The molecule has 0 radical (unpaired) electrons. The van der Waals surface area contributed by atoms with Gasteiger partial charge in [-0.2, -0.15) is 4.39 Å². The molecule has 0 saturated carbocycles. The molecule has 0 amide bonds. The van der Waals surface area contributed by atoms with E-state index in [-0.39, 0.29) is 0 Å². The van der Waals surface area contributed by atoms with E-state index in [1.54, 1.807) is 0 Å². The normalized spacial score (nSPS) is 9.64. The topological polar surface area (TPSA) is 69.0 Å². The Labute approximate surface area is 76.2 Å². The zero-order valence-electron chi connectivity index (χ0n) is 6.71. The summed E-state index contributed by atoms with van der Waals surface area (Å²) in [5.74, 6) is -5.79. The Morgan fingerprint density at radius 1 is 1.36 bits per heavy atom. The predicted molar refractivity (Wildman–Crippen MR) is 40.8 cm³/mol. The lowest BCUT2D eigenvalue weighted by Gasteiger charge is -2.03. The summed E-state index contributed by atoms with van der Waals surface area (Å²) >= 11 is 0. The largest absolute Gasteiger partial charge is 0.503 e. The van der Waals surface area contributed by atoms with E-state index in [1.165, 1.54) is 0 Å². The smallest absolute Gasteiger partial charge is 0.203 e. The summed E-state index contributed by atoms with van der Waals surface area (Å²) in [5, 5.41) is 11.7. The summed E-state index contributed by atoms with van der Waals surface area (Å²) in [7, 11) is 0. The lowest BCUT2D eigenvalue weighted by atomic mass is 10.2. The van der Waals surface area contributed by atoms with E-state index < -0.39 is 35.3 Å². The van der Waals surface area contributed by atoms with E-state index >= 15 is 0 Å². The van der Waals surface area contributed by atoms with Crippen LogP contribution < -0.4 is 0 Å². The Morgan fingerprint density at radius 2 is 2.00 bits per heavy atom. The van der Waals surface area contributed by atoms with Gasteiger partial charge in [0.05, 0.1) is 6.54 Å². The molecule has 4 nitrogen and oxygen atoms in total.